The minimum absolute atomic E-state index is 0.439. The fourth-order valence-electron chi connectivity index (χ4n) is 0.633. The number of hydrogen-bond donors (Lipinski definition) is 0. The lowest BCUT2D eigenvalue weighted by Crippen LogP contribution is -2.07. The van der Waals surface area contributed by atoms with Crippen molar-refractivity contribution in [2.75, 3.05) is 5.75 Å². The molecule has 2 heteroatoms. The molecule has 11 heavy (non-hydrogen) atoms. The Morgan fingerprint density at radius 2 is 2.18 bits per heavy atom. The molecule has 0 saturated heterocycles. The molecule has 62 valence electrons. The second kappa shape index (κ2) is 3.63. The summed E-state index contributed by atoms with van der Waals surface area (Å²) < 4.78 is 1.43. The highest BCUT2D eigenvalue weighted by Crippen LogP contribution is 2.29. The van der Waals surface area contributed by atoms with E-state index < -0.39 is 0 Å². The Morgan fingerprint density at radius 1 is 1.45 bits per heavy atom. The van der Waals surface area contributed by atoms with Crippen LogP contribution < -0.4 is 0 Å². The summed E-state index contributed by atoms with van der Waals surface area (Å²) in [5, 5.41) is 2.13. The molecule has 0 fully saturated rings. The van der Waals surface area contributed by atoms with Crippen LogP contribution in [-0.4, -0.2) is 5.75 Å². The Hall–Kier alpha value is 0.0500. The van der Waals surface area contributed by atoms with Crippen LogP contribution in [0.25, 0.3) is 0 Å². The zero-order valence-electron chi connectivity index (χ0n) is 7.26. The Balaban J connectivity index is 2.35. The largest absolute Gasteiger partial charge is 0.137 e. The normalized spacial score (nSPS) is 11.9. The molecule has 0 aliphatic carbocycles. The highest BCUT2D eigenvalue weighted by atomic mass is 32.2. The maximum atomic E-state index is 2.27. The van der Waals surface area contributed by atoms with E-state index in [2.05, 4.69) is 38.3 Å². The van der Waals surface area contributed by atoms with Crippen LogP contribution in [0, 0.1) is 5.41 Å². The molecule has 0 bridgehead atoms. The molecule has 1 rings (SSSR count). The quantitative estimate of drug-likeness (QED) is 0.631. The lowest BCUT2D eigenvalue weighted by molar-refractivity contribution is 0.481. The van der Waals surface area contributed by atoms with E-state index in [0.29, 0.717) is 5.41 Å². The van der Waals surface area contributed by atoms with Crippen molar-refractivity contribution < 1.29 is 0 Å². The van der Waals surface area contributed by atoms with Crippen molar-refractivity contribution in [3.05, 3.63) is 17.5 Å². The topological polar surface area (TPSA) is 0 Å². The predicted molar refractivity (Wildman–Crippen MR) is 54.5 cm³/mol. The van der Waals surface area contributed by atoms with E-state index >= 15 is 0 Å². The minimum Gasteiger partial charge on any atom is -0.137 e. The first kappa shape index (κ1) is 9.14. The summed E-state index contributed by atoms with van der Waals surface area (Å²) in [7, 11) is 0. The van der Waals surface area contributed by atoms with Gasteiger partial charge in [-0.05, 0) is 16.9 Å². The van der Waals surface area contributed by atoms with Gasteiger partial charge in [-0.1, -0.05) is 26.8 Å². The molecular weight excluding hydrogens is 172 g/mol. The minimum atomic E-state index is 0.439. The van der Waals surface area contributed by atoms with Crippen molar-refractivity contribution >= 4 is 23.1 Å². The van der Waals surface area contributed by atoms with Gasteiger partial charge >= 0.3 is 0 Å². The van der Waals surface area contributed by atoms with Gasteiger partial charge in [0.25, 0.3) is 0 Å². The molecule has 0 unspecified atom stereocenters. The molecule has 1 heterocycles. The third kappa shape index (κ3) is 3.82. The Kier molecular flexibility index (Phi) is 3.02. The summed E-state index contributed by atoms with van der Waals surface area (Å²) >= 11 is 3.78. The van der Waals surface area contributed by atoms with Crippen molar-refractivity contribution in [1.29, 1.82) is 0 Å². The Labute approximate surface area is 77.0 Å². The van der Waals surface area contributed by atoms with E-state index in [9.17, 15) is 0 Å². The van der Waals surface area contributed by atoms with Crippen molar-refractivity contribution in [2.45, 2.75) is 25.0 Å². The van der Waals surface area contributed by atoms with Crippen LogP contribution in [0.2, 0.25) is 0 Å². The number of thiophene rings is 1. The van der Waals surface area contributed by atoms with Crippen LogP contribution in [0.4, 0.5) is 0 Å². The first-order valence-corrected chi connectivity index (χ1v) is 5.61. The highest BCUT2D eigenvalue weighted by Gasteiger charge is 2.10. The lowest BCUT2D eigenvalue weighted by atomic mass is 10.0. The molecular formula is C9H14S2. The van der Waals surface area contributed by atoms with Crippen LogP contribution in [0.1, 0.15) is 20.8 Å². The summed E-state index contributed by atoms with van der Waals surface area (Å²) in [6.07, 6.45) is 0. The molecule has 1 aromatic heterocycles. The van der Waals surface area contributed by atoms with E-state index in [1.54, 1.807) is 0 Å². The Morgan fingerprint density at radius 3 is 2.64 bits per heavy atom. The van der Waals surface area contributed by atoms with Gasteiger partial charge in [-0.25, -0.2) is 0 Å². The second-order valence-electron chi connectivity index (χ2n) is 3.78. The highest BCUT2D eigenvalue weighted by molar-refractivity contribution is 8.01. The average Bonchev–Trinajstić information content (AvgIpc) is 2.32. The van der Waals surface area contributed by atoms with Gasteiger partial charge in [0, 0.05) is 5.75 Å². The van der Waals surface area contributed by atoms with Crippen molar-refractivity contribution in [1.82, 2.24) is 0 Å². The lowest BCUT2D eigenvalue weighted by Gasteiger charge is -2.16. The predicted octanol–water partition coefficient (Wildman–Crippen LogP) is 3.89. The average molecular weight is 186 g/mol. The molecule has 0 N–H and O–H groups in total. The third-order valence-electron chi connectivity index (χ3n) is 1.14. The number of thioether (sulfide) groups is 1. The molecule has 1 aromatic rings. The van der Waals surface area contributed by atoms with E-state index in [-0.39, 0.29) is 0 Å². The van der Waals surface area contributed by atoms with Gasteiger partial charge in [0.1, 0.15) is 0 Å². The number of hydrogen-bond acceptors (Lipinski definition) is 2. The zero-order chi connectivity index (χ0) is 8.32. The van der Waals surface area contributed by atoms with E-state index in [0.717, 1.165) is 0 Å². The monoisotopic (exact) mass is 186 g/mol. The molecule has 0 aliphatic heterocycles. The summed E-state index contributed by atoms with van der Waals surface area (Å²) in [5.41, 5.74) is 0.439. The van der Waals surface area contributed by atoms with Gasteiger partial charge in [0.05, 0.1) is 4.21 Å². The van der Waals surface area contributed by atoms with E-state index in [1.165, 1.54) is 9.96 Å². The maximum Gasteiger partial charge on any atom is 0.0598 e. The third-order valence-corrected chi connectivity index (χ3v) is 3.88. The van der Waals surface area contributed by atoms with Crippen molar-refractivity contribution in [3.63, 3.8) is 0 Å². The van der Waals surface area contributed by atoms with Crippen LogP contribution in [-0.2, 0) is 0 Å². The Bertz CT molecular complexity index is 194. The molecule has 0 amide bonds. The summed E-state index contributed by atoms with van der Waals surface area (Å²) in [6.45, 7) is 6.81. The van der Waals surface area contributed by atoms with Gasteiger partial charge in [-0.15, -0.1) is 23.1 Å². The molecule has 0 saturated carbocycles. The fourth-order valence-corrected chi connectivity index (χ4v) is 2.45. The molecule has 0 spiro atoms. The molecule has 0 nitrogen and oxygen atoms in total. The summed E-state index contributed by atoms with van der Waals surface area (Å²) in [4.78, 5) is 0. The first-order chi connectivity index (χ1) is 5.08. The van der Waals surface area contributed by atoms with E-state index in [4.69, 9.17) is 0 Å². The van der Waals surface area contributed by atoms with Crippen LogP contribution in [0.5, 0.6) is 0 Å². The molecule has 0 atom stereocenters. The fraction of sp³-hybridized carbons (Fsp3) is 0.556. The first-order valence-electron chi connectivity index (χ1n) is 3.74. The van der Waals surface area contributed by atoms with E-state index in [1.807, 2.05) is 23.1 Å². The van der Waals surface area contributed by atoms with Crippen molar-refractivity contribution in [3.8, 4) is 0 Å². The van der Waals surface area contributed by atoms with Gasteiger partial charge in [-0.3, -0.25) is 0 Å². The smallest absolute Gasteiger partial charge is 0.0598 e. The molecule has 0 aliphatic rings. The van der Waals surface area contributed by atoms with Gasteiger partial charge in [0.15, 0.2) is 0 Å². The van der Waals surface area contributed by atoms with Crippen LogP contribution in [0.3, 0.4) is 0 Å². The number of rotatable bonds is 2. The zero-order valence-corrected chi connectivity index (χ0v) is 8.89. The molecule has 0 radical (unpaired) electrons. The maximum absolute atomic E-state index is 2.27. The van der Waals surface area contributed by atoms with Crippen LogP contribution in [0.15, 0.2) is 21.7 Å². The van der Waals surface area contributed by atoms with Gasteiger partial charge in [0.2, 0.25) is 0 Å². The summed E-state index contributed by atoms with van der Waals surface area (Å²) in [6, 6.07) is 4.29. The van der Waals surface area contributed by atoms with Gasteiger partial charge < -0.3 is 0 Å². The van der Waals surface area contributed by atoms with Crippen LogP contribution >= 0.6 is 23.1 Å². The summed E-state index contributed by atoms with van der Waals surface area (Å²) in [5.74, 6) is 1.20. The standard InChI is InChI=1S/C9H14S2/c1-9(2,3)7-11-8-5-4-6-10-8/h4-6H,7H2,1-3H3. The SMILES string of the molecule is CC(C)(C)CSc1cccs1. The van der Waals surface area contributed by atoms with Gasteiger partial charge in [-0.2, -0.15) is 0 Å². The second-order valence-corrected chi connectivity index (χ2v) is 6.00. The molecule has 0 aromatic carbocycles. The van der Waals surface area contributed by atoms with Crippen molar-refractivity contribution in [2.24, 2.45) is 5.41 Å².